The van der Waals surface area contributed by atoms with Crippen molar-refractivity contribution in [3.8, 4) is 16.5 Å². The Morgan fingerprint density at radius 2 is 1.90 bits per heavy atom. The van der Waals surface area contributed by atoms with E-state index in [0.29, 0.717) is 11.1 Å². The number of hydrogen-bond acceptors (Lipinski definition) is 7. The van der Waals surface area contributed by atoms with Crippen molar-refractivity contribution in [1.82, 2.24) is 14.3 Å². The molecule has 31 heavy (non-hydrogen) atoms. The Morgan fingerprint density at radius 1 is 1.16 bits per heavy atom. The summed E-state index contributed by atoms with van der Waals surface area (Å²) in [6, 6.07) is 12.3. The van der Waals surface area contributed by atoms with Crippen molar-refractivity contribution in [2.75, 3.05) is 7.11 Å². The van der Waals surface area contributed by atoms with Gasteiger partial charge in [0.2, 0.25) is 0 Å². The summed E-state index contributed by atoms with van der Waals surface area (Å²) in [6.07, 6.45) is 0. The van der Waals surface area contributed by atoms with Crippen molar-refractivity contribution in [2.24, 2.45) is 0 Å². The molecule has 0 aliphatic rings. The molecule has 0 atom stereocenters. The molecular formula is C22H19N3O5S. The second-order valence-corrected chi connectivity index (χ2v) is 7.84. The number of Topliss-reactive ketones (excluding diaryl/α,β-unsaturated/α-hetero) is 1. The predicted molar refractivity (Wildman–Crippen MR) is 115 cm³/mol. The van der Waals surface area contributed by atoms with E-state index in [-0.39, 0.29) is 18.2 Å². The number of rotatable bonds is 6. The van der Waals surface area contributed by atoms with Gasteiger partial charge >= 0.3 is 11.7 Å². The Kier molecular flexibility index (Phi) is 5.43. The number of esters is 1. The monoisotopic (exact) mass is 437 g/mol. The number of carbonyl (C=O) groups is 2. The topological polar surface area (TPSA) is 96.3 Å². The number of nitrogens with zero attached hydrogens (tertiary/aromatic N) is 3. The third-order valence-electron chi connectivity index (χ3n) is 4.91. The van der Waals surface area contributed by atoms with Gasteiger partial charge in [0.1, 0.15) is 6.54 Å². The summed E-state index contributed by atoms with van der Waals surface area (Å²) in [5.41, 5.74) is 3.31. The average molecular weight is 437 g/mol. The molecule has 0 aliphatic carbocycles. The molecule has 0 unspecified atom stereocenters. The number of methoxy groups -OCH3 is 1. The van der Waals surface area contributed by atoms with Gasteiger partial charge < -0.3 is 13.7 Å². The molecule has 0 radical (unpaired) electrons. The standard InChI is InChI=1S/C22H19N3O5S/c1-13-11-17(14(2)25(13)16-8-6-15(7-9-16)21(27)29-3)18(26)12-24-22(28)30-20(23-24)19-5-4-10-31-19/h4-11H,12H2,1-3H3. The van der Waals surface area contributed by atoms with Gasteiger partial charge in [-0.3, -0.25) is 4.79 Å². The molecule has 0 spiro atoms. The zero-order chi connectivity index (χ0) is 22.1. The molecule has 0 aliphatic heterocycles. The Bertz CT molecular complexity index is 1310. The number of ether oxygens (including phenoxy) is 1. The van der Waals surface area contributed by atoms with Gasteiger partial charge in [0.05, 0.1) is 17.6 Å². The SMILES string of the molecule is COC(=O)c1ccc(-n2c(C)cc(C(=O)Cn3nc(-c4cccs4)oc3=O)c2C)cc1. The van der Waals surface area contributed by atoms with Crippen LogP contribution in [0.15, 0.2) is 57.1 Å². The summed E-state index contributed by atoms with van der Waals surface area (Å²) in [7, 11) is 1.33. The first-order valence-electron chi connectivity index (χ1n) is 9.41. The summed E-state index contributed by atoms with van der Waals surface area (Å²) in [4.78, 5) is 37.5. The van der Waals surface area contributed by atoms with E-state index < -0.39 is 11.7 Å². The maximum Gasteiger partial charge on any atom is 0.437 e. The fourth-order valence-electron chi connectivity index (χ4n) is 3.43. The van der Waals surface area contributed by atoms with Gasteiger partial charge in [-0.15, -0.1) is 16.4 Å². The van der Waals surface area contributed by atoms with Crippen molar-refractivity contribution < 1.29 is 18.7 Å². The van der Waals surface area contributed by atoms with Crippen LogP contribution < -0.4 is 5.76 Å². The van der Waals surface area contributed by atoms with Crippen LogP contribution in [0.1, 0.15) is 32.1 Å². The number of thiophene rings is 1. The van der Waals surface area contributed by atoms with Crippen LogP contribution in [0.4, 0.5) is 0 Å². The maximum atomic E-state index is 12.9. The Labute approximate surface area is 181 Å². The molecule has 4 aromatic rings. The number of hydrogen-bond donors (Lipinski definition) is 0. The number of ketones is 1. The summed E-state index contributed by atoms with van der Waals surface area (Å²) >= 11 is 1.40. The van der Waals surface area contributed by atoms with E-state index in [1.807, 2.05) is 29.9 Å². The molecule has 0 saturated carbocycles. The lowest BCUT2D eigenvalue weighted by molar-refractivity contribution is 0.0600. The van der Waals surface area contributed by atoms with E-state index >= 15 is 0 Å². The number of aromatic nitrogens is 3. The van der Waals surface area contributed by atoms with Gasteiger partial charge in [-0.25, -0.2) is 9.59 Å². The molecule has 1 aromatic carbocycles. The Balaban J connectivity index is 1.61. The zero-order valence-corrected chi connectivity index (χ0v) is 17.9. The van der Waals surface area contributed by atoms with Gasteiger partial charge in [-0.05, 0) is 55.6 Å². The van der Waals surface area contributed by atoms with Crippen LogP contribution in [0.25, 0.3) is 16.5 Å². The molecule has 0 saturated heterocycles. The highest BCUT2D eigenvalue weighted by atomic mass is 32.1. The van der Waals surface area contributed by atoms with Crippen molar-refractivity contribution in [1.29, 1.82) is 0 Å². The fraction of sp³-hybridized carbons (Fsp3) is 0.182. The van der Waals surface area contributed by atoms with Gasteiger partial charge in [0.25, 0.3) is 5.89 Å². The lowest BCUT2D eigenvalue weighted by Gasteiger charge is -2.10. The first kappa shape index (κ1) is 20.5. The van der Waals surface area contributed by atoms with E-state index in [4.69, 9.17) is 9.15 Å². The van der Waals surface area contributed by atoms with E-state index in [9.17, 15) is 14.4 Å². The molecule has 0 N–H and O–H groups in total. The lowest BCUT2D eigenvalue weighted by atomic mass is 10.1. The van der Waals surface area contributed by atoms with E-state index in [2.05, 4.69) is 5.10 Å². The van der Waals surface area contributed by atoms with Crippen LogP contribution in [-0.4, -0.2) is 33.2 Å². The number of aryl methyl sites for hydroxylation is 1. The van der Waals surface area contributed by atoms with Gasteiger partial charge in [-0.1, -0.05) is 6.07 Å². The maximum absolute atomic E-state index is 12.9. The van der Waals surface area contributed by atoms with Crippen molar-refractivity contribution in [3.05, 3.63) is 80.9 Å². The second kappa shape index (κ2) is 8.19. The summed E-state index contributed by atoms with van der Waals surface area (Å²) in [6.45, 7) is 3.49. The van der Waals surface area contributed by atoms with Crippen molar-refractivity contribution in [3.63, 3.8) is 0 Å². The molecule has 3 aromatic heterocycles. The minimum absolute atomic E-state index is 0.198. The van der Waals surface area contributed by atoms with Crippen molar-refractivity contribution in [2.45, 2.75) is 20.4 Å². The second-order valence-electron chi connectivity index (χ2n) is 6.89. The predicted octanol–water partition coefficient (Wildman–Crippen LogP) is 3.64. The Hall–Kier alpha value is -3.72. The quantitative estimate of drug-likeness (QED) is 0.338. The van der Waals surface area contributed by atoms with E-state index in [1.165, 1.54) is 18.4 Å². The first-order chi connectivity index (χ1) is 14.9. The highest BCUT2D eigenvalue weighted by Crippen LogP contribution is 2.23. The first-order valence-corrected chi connectivity index (χ1v) is 10.3. The number of carbonyl (C=O) groups excluding carboxylic acids is 2. The van der Waals surface area contributed by atoms with Crippen LogP contribution in [0.3, 0.4) is 0 Å². The number of benzene rings is 1. The molecule has 0 amide bonds. The van der Waals surface area contributed by atoms with Crippen LogP contribution >= 0.6 is 11.3 Å². The smallest absolute Gasteiger partial charge is 0.437 e. The van der Waals surface area contributed by atoms with Gasteiger partial charge in [0, 0.05) is 22.6 Å². The van der Waals surface area contributed by atoms with Crippen LogP contribution in [0.2, 0.25) is 0 Å². The van der Waals surface area contributed by atoms with E-state index in [1.54, 1.807) is 36.4 Å². The normalized spacial score (nSPS) is 10.9. The largest absolute Gasteiger partial charge is 0.465 e. The van der Waals surface area contributed by atoms with Crippen molar-refractivity contribution >= 4 is 23.1 Å². The molecule has 158 valence electrons. The molecule has 0 fully saturated rings. The molecular weight excluding hydrogens is 418 g/mol. The minimum atomic E-state index is -0.677. The summed E-state index contributed by atoms with van der Waals surface area (Å²) < 4.78 is 12.9. The Morgan fingerprint density at radius 3 is 2.55 bits per heavy atom. The summed E-state index contributed by atoms with van der Waals surface area (Å²) in [5, 5.41) is 6.00. The van der Waals surface area contributed by atoms with Gasteiger partial charge in [0.15, 0.2) is 5.78 Å². The average Bonchev–Trinajstić information content (AvgIpc) is 3.48. The molecule has 4 rings (SSSR count). The third kappa shape index (κ3) is 3.87. The molecule has 0 bridgehead atoms. The lowest BCUT2D eigenvalue weighted by Crippen LogP contribution is -2.21. The van der Waals surface area contributed by atoms with Gasteiger partial charge in [-0.2, -0.15) is 4.68 Å². The van der Waals surface area contributed by atoms with Crippen LogP contribution in [-0.2, 0) is 11.3 Å². The molecule has 8 nitrogen and oxygen atoms in total. The third-order valence-corrected chi connectivity index (χ3v) is 5.77. The van der Waals surface area contributed by atoms with Crippen LogP contribution in [0, 0.1) is 13.8 Å². The highest BCUT2D eigenvalue weighted by molar-refractivity contribution is 7.13. The van der Waals surface area contributed by atoms with E-state index in [0.717, 1.165) is 26.6 Å². The highest BCUT2D eigenvalue weighted by Gasteiger charge is 2.20. The summed E-state index contributed by atoms with van der Waals surface area (Å²) in [5.74, 6) is -1.14. The molecule has 3 heterocycles. The molecule has 9 heteroatoms. The fourth-order valence-corrected chi connectivity index (χ4v) is 4.08. The zero-order valence-electron chi connectivity index (χ0n) is 17.1. The van der Waals surface area contributed by atoms with Crippen LogP contribution in [0.5, 0.6) is 0 Å². The minimum Gasteiger partial charge on any atom is -0.465 e.